The SMILES string of the molecule is Cc1ccc(C(=O)NC(CCl)CC(C)C)c(Cl)c1. The van der Waals surface area contributed by atoms with Gasteiger partial charge in [0.05, 0.1) is 10.6 Å². The molecule has 0 bridgehead atoms. The number of carbonyl (C=O) groups is 1. The Labute approximate surface area is 119 Å². The van der Waals surface area contributed by atoms with Crippen LogP contribution in [0.1, 0.15) is 36.2 Å². The van der Waals surface area contributed by atoms with Crippen molar-refractivity contribution in [1.82, 2.24) is 5.32 Å². The van der Waals surface area contributed by atoms with E-state index in [0.29, 0.717) is 22.4 Å². The largest absolute Gasteiger partial charge is 0.348 e. The first-order valence-corrected chi connectivity index (χ1v) is 6.98. The molecule has 0 heterocycles. The Balaban J connectivity index is 2.74. The highest BCUT2D eigenvalue weighted by molar-refractivity contribution is 6.33. The molecule has 0 fully saturated rings. The molecule has 0 aromatic heterocycles. The Bertz CT molecular complexity index is 418. The van der Waals surface area contributed by atoms with Crippen molar-refractivity contribution in [2.45, 2.75) is 33.2 Å². The van der Waals surface area contributed by atoms with Crippen molar-refractivity contribution >= 4 is 29.1 Å². The van der Waals surface area contributed by atoms with Crippen molar-refractivity contribution in [3.63, 3.8) is 0 Å². The van der Waals surface area contributed by atoms with Crippen LogP contribution in [0.3, 0.4) is 0 Å². The molecule has 4 heteroatoms. The summed E-state index contributed by atoms with van der Waals surface area (Å²) in [7, 11) is 0. The fraction of sp³-hybridized carbons (Fsp3) is 0.500. The zero-order valence-corrected chi connectivity index (χ0v) is 12.5. The third kappa shape index (κ3) is 4.51. The Morgan fingerprint density at radius 1 is 1.39 bits per heavy atom. The zero-order chi connectivity index (χ0) is 13.7. The van der Waals surface area contributed by atoms with E-state index in [1.54, 1.807) is 12.1 Å². The van der Waals surface area contributed by atoms with Crippen LogP contribution in [0.5, 0.6) is 0 Å². The second kappa shape index (κ2) is 7.01. The summed E-state index contributed by atoms with van der Waals surface area (Å²) < 4.78 is 0. The topological polar surface area (TPSA) is 29.1 Å². The van der Waals surface area contributed by atoms with Crippen LogP contribution in [-0.2, 0) is 0 Å². The predicted octanol–water partition coefficient (Wildman–Crippen LogP) is 4.03. The van der Waals surface area contributed by atoms with Gasteiger partial charge in [-0.1, -0.05) is 31.5 Å². The Kier molecular flexibility index (Phi) is 5.97. The normalized spacial score (nSPS) is 12.6. The van der Waals surface area contributed by atoms with Gasteiger partial charge in [0.25, 0.3) is 5.91 Å². The number of carbonyl (C=O) groups excluding carboxylic acids is 1. The van der Waals surface area contributed by atoms with E-state index in [1.165, 1.54) is 0 Å². The minimum atomic E-state index is -0.161. The van der Waals surface area contributed by atoms with E-state index in [2.05, 4.69) is 19.2 Å². The van der Waals surface area contributed by atoms with Crippen LogP contribution in [0.4, 0.5) is 0 Å². The van der Waals surface area contributed by atoms with E-state index in [-0.39, 0.29) is 11.9 Å². The molecule has 0 spiro atoms. The molecular formula is C14H19Cl2NO. The fourth-order valence-corrected chi connectivity index (χ4v) is 2.32. The summed E-state index contributed by atoms with van der Waals surface area (Å²) in [5.74, 6) is 0.738. The van der Waals surface area contributed by atoms with Gasteiger partial charge < -0.3 is 5.32 Å². The molecule has 1 aromatic rings. The Morgan fingerprint density at radius 3 is 2.56 bits per heavy atom. The highest BCUT2D eigenvalue weighted by Gasteiger charge is 2.16. The molecule has 100 valence electrons. The lowest BCUT2D eigenvalue weighted by molar-refractivity contribution is 0.0937. The molecular weight excluding hydrogens is 269 g/mol. The molecule has 18 heavy (non-hydrogen) atoms. The maximum atomic E-state index is 12.1. The van der Waals surface area contributed by atoms with Gasteiger partial charge in [0.2, 0.25) is 0 Å². The van der Waals surface area contributed by atoms with Crippen molar-refractivity contribution < 1.29 is 4.79 Å². The standard InChI is InChI=1S/C14H19Cl2NO/c1-9(2)6-11(8-15)17-14(18)12-5-4-10(3)7-13(12)16/h4-5,7,9,11H,6,8H2,1-3H3,(H,17,18). The molecule has 1 unspecified atom stereocenters. The lowest BCUT2D eigenvalue weighted by Gasteiger charge is -2.18. The highest BCUT2D eigenvalue weighted by Crippen LogP contribution is 2.18. The third-order valence-electron chi connectivity index (χ3n) is 2.65. The van der Waals surface area contributed by atoms with Crippen LogP contribution >= 0.6 is 23.2 Å². The molecule has 0 saturated heterocycles. The van der Waals surface area contributed by atoms with Crippen molar-refractivity contribution in [3.05, 3.63) is 34.3 Å². The van der Waals surface area contributed by atoms with E-state index in [1.807, 2.05) is 13.0 Å². The number of nitrogens with one attached hydrogen (secondary N) is 1. The van der Waals surface area contributed by atoms with Crippen LogP contribution in [0.15, 0.2) is 18.2 Å². The molecule has 0 radical (unpaired) electrons. The summed E-state index contributed by atoms with van der Waals surface area (Å²) in [6, 6.07) is 5.39. The third-order valence-corrected chi connectivity index (χ3v) is 3.33. The Morgan fingerprint density at radius 2 is 2.06 bits per heavy atom. The first-order chi connectivity index (χ1) is 8.43. The summed E-state index contributed by atoms with van der Waals surface area (Å²) in [6.45, 7) is 6.14. The lowest BCUT2D eigenvalue weighted by Crippen LogP contribution is -2.37. The number of amides is 1. The Hall–Kier alpha value is -0.730. The summed E-state index contributed by atoms with van der Waals surface area (Å²) in [5.41, 5.74) is 1.54. The van der Waals surface area contributed by atoms with Gasteiger partial charge in [-0.3, -0.25) is 4.79 Å². The van der Waals surface area contributed by atoms with Crippen LogP contribution < -0.4 is 5.32 Å². The number of hydrogen-bond donors (Lipinski definition) is 1. The van der Waals surface area contributed by atoms with Gasteiger partial charge in [0.15, 0.2) is 0 Å². The fourth-order valence-electron chi connectivity index (χ4n) is 1.80. The maximum absolute atomic E-state index is 12.1. The molecule has 2 nitrogen and oxygen atoms in total. The van der Waals surface area contributed by atoms with E-state index in [4.69, 9.17) is 23.2 Å². The van der Waals surface area contributed by atoms with Crippen LogP contribution in [-0.4, -0.2) is 17.8 Å². The molecule has 1 rings (SSSR count). The first-order valence-electron chi connectivity index (χ1n) is 6.07. The molecule has 0 aliphatic carbocycles. The average molecular weight is 288 g/mol. The summed E-state index contributed by atoms with van der Waals surface area (Å²) >= 11 is 11.9. The number of hydrogen-bond acceptors (Lipinski definition) is 1. The summed E-state index contributed by atoms with van der Waals surface area (Å²) in [6.07, 6.45) is 0.860. The molecule has 1 N–H and O–H groups in total. The molecule has 1 aromatic carbocycles. The lowest BCUT2D eigenvalue weighted by atomic mass is 10.0. The van der Waals surface area contributed by atoms with Crippen molar-refractivity contribution in [2.24, 2.45) is 5.92 Å². The van der Waals surface area contributed by atoms with Gasteiger partial charge in [-0.2, -0.15) is 0 Å². The predicted molar refractivity (Wildman–Crippen MR) is 77.6 cm³/mol. The molecule has 0 aliphatic heterocycles. The quantitative estimate of drug-likeness (QED) is 0.814. The monoisotopic (exact) mass is 287 g/mol. The van der Waals surface area contributed by atoms with Crippen molar-refractivity contribution in [1.29, 1.82) is 0 Å². The van der Waals surface area contributed by atoms with E-state index in [0.717, 1.165) is 12.0 Å². The zero-order valence-electron chi connectivity index (χ0n) is 11.0. The molecule has 0 aliphatic rings. The maximum Gasteiger partial charge on any atom is 0.253 e. The number of benzene rings is 1. The minimum Gasteiger partial charge on any atom is -0.348 e. The van der Waals surface area contributed by atoms with Crippen LogP contribution in [0.25, 0.3) is 0 Å². The van der Waals surface area contributed by atoms with Gasteiger partial charge in [0, 0.05) is 11.9 Å². The number of halogens is 2. The average Bonchev–Trinajstić information content (AvgIpc) is 2.27. The van der Waals surface area contributed by atoms with Gasteiger partial charge in [-0.25, -0.2) is 0 Å². The molecule has 1 atom stereocenters. The van der Waals surface area contributed by atoms with E-state index in [9.17, 15) is 4.79 Å². The molecule has 1 amide bonds. The van der Waals surface area contributed by atoms with Gasteiger partial charge in [0.1, 0.15) is 0 Å². The second-order valence-corrected chi connectivity index (χ2v) is 5.65. The minimum absolute atomic E-state index is 0.0171. The van der Waals surface area contributed by atoms with Crippen molar-refractivity contribution in [3.8, 4) is 0 Å². The second-order valence-electron chi connectivity index (χ2n) is 4.94. The highest BCUT2D eigenvalue weighted by atomic mass is 35.5. The van der Waals surface area contributed by atoms with Crippen LogP contribution in [0.2, 0.25) is 5.02 Å². The number of alkyl halides is 1. The molecule has 0 saturated carbocycles. The first kappa shape index (κ1) is 15.3. The van der Waals surface area contributed by atoms with E-state index >= 15 is 0 Å². The summed E-state index contributed by atoms with van der Waals surface area (Å²) in [5, 5.41) is 3.40. The van der Waals surface area contributed by atoms with Gasteiger partial charge in [-0.05, 0) is 37.0 Å². The van der Waals surface area contributed by atoms with Crippen LogP contribution in [0, 0.1) is 12.8 Å². The number of rotatable bonds is 5. The smallest absolute Gasteiger partial charge is 0.253 e. The number of aryl methyl sites for hydroxylation is 1. The van der Waals surface area contributed by atoms with Gasteiger partial charge in [-0.15, -0.1) is 11.6 Å². The summed E-state index contributed by atoms with van der Waals surface area (Å²) in [4.78, 5) is 12.1. The van der Waals surface area contributed by atoms with Gasteiger partial charge >= 0.3 is 0 Å². The van der Waals surface area contributed by atoms with Crippen molar-refractivity contribution in [2.75, 3.05) is 5.88 Å². The van der Waals surface area contributed by atoms with E-state index < -0.39 is 0 Å².